The molecule has 0 aliphatic heterocycles. The summed E-state index contributed by atoms with van der Waals surface area (Å²) in [5, 5.41) is 13.8. The molecule has 0 bridgehead atoms. The lowest BCUT2D eigenvalue weighted by Gasteiger charge is -2.18. The Morgan fingerprint density at radius 2 is 1.66 bits per heavy atom. The van der Waals surface area contributed by atoms with E-state index in [4.69, 9.17) is 4.98 Å². The second-order valence-electron chi connectivity index (χ2n) is 8.66. The molecule has 0 fully saturated rings. The maximum Gasteiger partial charge on any atom is 0.207 e. The van der Waals surface area contributed by atoms with Crippen LogP contribution in [-0.2, 0) is 18.3 Å². The van der Waals surface area contributed by atoms with E-state index in [2.05, 4.69) is 69.5 Å². The molecule has 0 aliphatic carbocycles. The third kappa shape index (κ3) is 5.30. The fourth-order valence-corrected chi connectivity index (χ4v) is 4.26. The molecule has 3 aromatic rings. The van der Waals surface area contributed by atoms with Crippen LogP contribution in [0.5, 0.6) is 0 Å². The van der Waals surface area contributed by atoms with E-state index in [0.29, 0.717) is 6.42 Å². The smallest absolute Gasteiger partial charge is 0.207 e. The molecule has 0 unspecified atom stereocenters. The molecule has 1 heterocycles. The first-order chi connectivity index (χ1) is 13.6. The van der Waals surface area contributed by atoms with Crippen molar-refractivity contribution < 1.29 is 4.92 Å². The predicted molar refractivity (Wildman–Crippen MR) is 121 cm³/mol. The van der Waals surface area contributed by atoms with E-state index >= 15 is 0 Å². The minimum Gasteiger partial charge on any atom is -0.265 e. The summed E-state index contributed by atoms with van der Waals surface area (Å²) in [4.78, 5) is 15.3. The maximum atomic E-state index is 10.7. The largest absolute Gasteiger partial charge is 0.265 e. The van der Waals surface area contributed by atoms with Crippen LogP contribution in [0.4, 0.5) is 0 Å². The number of rotatable bonds is 6. The van der Waals surface area contributed by atoms with Crippen molar-refractivity contribution in [3.63, 3.8) is 0 Å². The van der Waals surface area contributed by atoms with Gasteiger partial charge in [-0.25, -0.2) is 4.98 Å². The summed E-state index contributed by atoms with van der Waals surface area (Å²) in [6.45, 7) is 10.7. The van der Waals surface area contributed by atoms with E-state index in [1.807, 2.05) is 6.92 Å². The van der Waals surface area contributed by atoms with Gasteiger partial charge in [-0.3, -0.25) is 10.1 Å². The Kier molecular flexibility index (Phi) is 6.18. The molecule has 29 heavy (non-hydrogen) atoms. The summed E-state index contributed by atoms with van der Waals surface area (Å²) in [5.41, 5.74) is 8.24. The topological polar surface area (TPSA) is 56.0 Å². The van der Waals surface area contributed by atoms with Crippen LogP contribution >= 0.6 is 11.3 Å². The number of hydrogen-bond donors (Lipinski definition) is 0. The molecule has 1 aromatic heterocycles. The van der Waals surface area contributed by atoms with Crippen LogP contribution in [0.15, 0.2) is 41.8 Å². The zero-order chi connectivity index (χ0) is 21.2. The van der Waals surface area contributed by atoms with Gasteiger partial charge in [0.25, 0.3) is 0 Å². The van der Waals surface area contributed by atoms with Gasteiger partial charge in [-0.1, -0.05) is 57.2 Å². The number of thiazole rings is 1. The average molecular weight is 409 g/mol. The molecule has 0 aliphatic rings. The van der Waals surface area contributed by atoms with Gasteiger partial charge in [0.2, 0.25) is 6.54 Å². The fourth-order valence-electron chi connectivity index (χ4n) is 3.44. The molecule has 152 valence electrons. The number of nitro groups is 1. The van der Waals surface area contributed by atoms with Gasteiger partial charge in [-0.2, -0.15) is 0 Å². The number of benzene rings is 2. The number of nitrogens with zero attached hydrogens (tertiary/aromatic N) is 2. The highest BCUT2D eigenvalue weighted by molar-refractivity contribution is 7.13. The summed E-state index contributed by atoms with van der Waals surface area (Å²) in [7, 11) is 0. The second-order valence-corrected chi connectivity index (χ2v) is 9.52. The molecule has 0 amide bonds. The number of aromatic nitrogens is 1. The second kappa shape index (κ2) is 8.46. The quantitative estimate of drug-likeness (QED) is 0.364. The molecule has 0 spiro atoms. The Balaban J connectivity index is 1.76. The zero-order valence-electron chi connectivity index (χ0n) is 17.8. The van der Waals surface area contributed by atoms with Crippen molar-refractivity contribution in [1.82, 2.24) is 4.98 Å². The third-order valence-corrected chi connectivity index (χ3v) is 6.22. The summed E-state index contributed by atoms with van der Waals surface area (Å²) >= 11 is 1.67. The maximum absolute atomic E-state index is 10.7. The molecule has 0 saturated heterocycles. The van der Waals surface area contributed by atoms with Gasteiger partial charge in [0.15, 0.2) is 0 Å². The van der Waals surface area contributed by atoms with Crippen LogP contribution < -0.4 is 0 Å². The van der Waals surface area contributed by atoms with Gasteiger partial charge in [0.1, 0.15) is 5.01 Å². The Labute approximate surface area is 176 Å². The van der Waals surface area contributed by atoms with E-state index in [0.717, 1.165) is 39.4 Å². The predicted octanol–water partition coefficient (Wildman–Crippen LogP) is 6.13. The van der Waals surface area contributed by atoms with Gasteiger partial charge >= 0.3 is 0 Å². The first kappa shape index (κ1) is 21.2. The van der Waals surface area contributed by atoms with Crippen molar-refractivity contribution in [2.24, 2.45) is 0 Å². The summed E-state index contributed by atoms with van der Waals surface area (Å²) < 4.78 is 0. The Morgan fingerprint density at radius 3 is 2.28 bits per heavy atom. The van der Waals surface area contributed by atoms with E-state index in [1.54, 1.807) is 11.3 Å². The molecule has 0 radical (unpaired) electrons. The minimum absolute atomic E-state index is 0.0247. The standard InChI is InChI=1S/C24H28N2O2S/c1-16-13-20(17(2)12-19(16)10-11-26(27)28)14-22-15-29-23(25-22)18-6-8-21(9-7-18)24(3,4)5/h6-9,12-13,15H,10-11,14H2,1-5H3. The number of aryl methyl sites for hydroxylation is 2. The molecule has 3 rings (SSSR count). The van der Waals surface area contributed by atoms with Crippen molar-refractivity contribution in [3.8, 4) is 10.6 Å². The third-order valence-electron chi connectivity index (χ3n) is 5.28. The normalized spacial score (nSPS) is 11.6. The van der Waals surface area contributed by atoms with Gasteiger partial charge < -0.3 is 0 Å². The van der Waals surface area contributed by atoms with Crippen LogP contribution in [0.2, 0.25) is 0 Å². The fraction of sp³-hybridized carbons (Fsp3) is 0.375. The van der Waals surface area contributed by atoms with Crippen LogP contribution in [-0.4, -0.2) is 16.5 Å². The van der Waals surface area contributed by atoms with Crippen LogP contribution in [0.1, 0.15) is 54.3 Å². The first-order valence-electron chi connectivity index (χ1n) is 9.89. The molecule has 2 aromatic carbocycles. The van der Waals surface area contributed by atoms with Crippen LogP contribution in [0.25, 0.3) is 10.6 Å². The summed E-state index contributed by atoms with van der Waals surface area (Å²) in [6.07, 6.45) is 1.25. The Bertz CT molecular complexity index is 1010. The molecular weight excluding hydrogens is 380 g/mol. The van der Waals surface area contributed by atoms with Crippen molar-refractivity contribution >= 4 is 11.3 Å². The summed E-state index contributed by atoms with van der Waals surface area (Å²) in [5.74, 6) is 0. The lowest BCUT2D eigenvalue weighted by molar-refractivity contribution is -0.479. The van der Waals surface area contributed by atoms with Gasteiger partial charge in [0.05, 0.1) is 5.69 Å². The zero-order valence-corrected chi connectivity index (χ0v) is 18.6. The first-order valence-corrected chi connectivity index (χ1v) is 10.8. The van der Waals surface area contributed by atoms with Crippen molar-refractivity contribution in [2.45, 2.75) is 52.9 Å². The van der Waals surface area contributed by atoms with Gasteiger partial charge in [0, 0.05) is 28.7 Å². The Morgan fingerprint density at radius 1 is 1.03 bits per heavy atom. The van der Waals surface area contributed by atoms with Crippen molar-refractivity contribution in [3.05, 3.63) is 85.4 Å². The van der Waals surface area contributed by atoms with E-state index < -0.39 is 0 Å². The lowest BCUT2D eigenvalue weighted by Crippen LogP contribution is -2.10. The molecule has 0 N–H and O–H groups in total. The minimum atomic E-state index is -0.256. The highest BCUT2D eigenvalue weighted by Crippen LogP contribution is 2.29. The van der Waals surface area contributed by atoms with Crippen LogP contribution in [0.3, 0.4) is 0 Å². The Hall–Kier alpha value is -2.53. The monoisotopic (exact) mass is 408 g/mol. The lowest BCUT2D eigenvalue weighted by atomic mass is 9.87. The summed E-state index contributed by atoms with van der Waals surface area (Å²) in [6, 6.07) is 12.9. The molecule has 0 saturated carbocycles. The van der Waals surface area contributed by atoms with Crippen LogP contribution in [0, 0.1) is 24.0 Å². The highest BCUT2D eigenvalue weighted by Gasteiger charge is 2.14. The molecule has 4 nitrogen and oxygen atoms in total. The van der Waals surface area contributed by atoms with Crippen molar-refractivity contribution in [1.29, 1.82) is 0 Å². The molecule has 0 atom stereocenters. The average Bonchev–Trinajstić information content (AvgIpc) is 3.11. The van der Waals surface area contributed by atoms with E-state index in [1.165, 1.54) is 11.1 Å². The molecule has 5 heteroatoms. The van der Waals surface area contributed by atoms with Gasteiger partial charge in [-0.15, -0.1) is 11.3 Å². The highest BCUT2D eigenvalue weighted by atomic mass is 32.1. The SMILES string of the molecule is Cc1cc(Cc2csc(-c3ccc(C(C)(C)C)cc3)n2)c(C)cc1CC[N+](=O)[O-]. The van der Waals surface area contributed by atoms with E-state index in [9.17, 15) is 10.1 Å². The van der Waals surface area contributed by atoms with Gasteiger partial charge in [-0.05, 0) is 47.1 Å². The van der Waals surface area contributed by atoms with E-state index in [-0.39, 0.29) is 16.9 Å². The number of hydrogen-bond acceptors (Lipinski definition) is 4. The molecular formula is C24H28N2O2S. The van der Waals surface area contributed by atoms with Crippen molar-refractivity contribution in [2.75, 3.05) is 6.54 Å².